The van der Waals surface area contributed by atoms with Gasteiger partial charge in [-0.15, -0.1) is 0 Å². The first-order valence-corrected chi connectivity index (χ1v) is 8.26. The van der Waals surface area contributed by atoms with E-state index in [9.17, 15) is 0 Å². The van der Waals surface area contributed by atoms with Gasteiger partial charge in [0.05, 0.1) is 0 Å². The second kappa shape index (κ2) is 8.12. The molecule has 1 heterocycles. The van der Waals surface area contributed by atoms with Gasteiger partial charge in [-0.05, 0) is 24.1 Å². The van der Waals surface area contributed by atoms with Gasteiger partial charge in [0.25, 0.3) is 0 Å². The van der Waals surface area contributed by atoms with Crippen molar-refractivity contribution < 1.29 is 0 Å². The maximum Gasteiger partial charge on any atom is 0.165 e. The van der Waals surface area contributed by atoms with Crippen molar-refractivity contribution in [3.63, 3.8) is 0 Å². The quantitative estimate of drug-likeness (QED) is 0.726. The van der Waals surface area contributed by atoms with Gasteiger partial charge >= 0.3 is 0 Å². The molecular formula is C16H23N3S. The van der Waals surface area contributed by atoms with Crippen LogP contribution in [0.1, 0.15) is 37.4 Å². The zero-order chi connectivity index (χ0) is 14.2. The molecule has 0 radical (unpaired) electrons. The van der Waals surface area contributed by atoms with Gasteiger partial charge in [0.1, 0.15) is 0 Å². The lowest BCUT2D eigenvalue weighted by Gasteiger charge is -2.18. The molecule has 108 valence electrons. The third-order valence-corrected chi connectivity index (χ3v) is 4.23. The fourth-order valence-corrected chi connectivity index (χ4v) is 3.14. The summed E-state index contributed by atoms with van der Waals surface area (Å²) in [5.74, 6) is 0.981. The largest absolute Gasteiger partial charge is 0.340 e. The first-order valence-electron chi connectivity index (χ1n) is 7.27. The van der Waals surface area contributed by atoms with Crippen LogP contribution in [0.2, 0.25) is 0 Å². The Balaban J connectivity index is 1.99. The molecule has 20 heavy (non-hydrogen) atoms. The summed E-state index contributed by atoms with van der Waals surface area (Å²) in [6.45, 7) is 5.34. The molecule has 2 aromatic rings. The number of rotatable bonds is 8. The highest BCUT2D eigenvalue weighted by Crippen LogP contribution is 2.22. The topological polar surface area (TPSA) is 40.7 Å². The molecule has 0 aliphatic rings. The number of imidazole rings is 1. The molecule has 0 amide bonds. The molecule has 1 aromatic heterocycles. The van der Waals surface area contributed by atoms with Crippen molar-refractivity contribution in [3.05, 3.63) is 47.8 Å². The van der Waals surface area contributed by atoms with Gasteiger partial charge in [0.2, 0.25) is 0 Å². The minimum Gasteiger partial charge on any atom is -0.340 e. The molecule has 0 aliphatic heterocycles. The van der Waals surface area contributed by atoms with Crippen molar-refractivity contribution in [2.45, 2.75) is 37.9 Å². The van der Waals surface area contributed by atoms with Crippen LogP contribution in [0.15, 0.2) is 41.8 Å². The van der Waals surface area contributed by atoms with Crippen molar-refractivity contribution in [1.29, 1.82) is 0 Å². The maximum absolute atomic E-state index is 4.26. The molecule has 0 spiro atoms. The van der Waals surface area contributed by atoms with E-state index in [1.54, 1.807) is 18.0 Å². The minimum absolute atomic E-state index is 0.366. The Hall–Kier alpha value is -1.26. The molecule has 1 atom stereocenters. The summed E-state index contributed by atoms with van der Waals surface area (Å²) in [5, 5.41) is 4.53. The number of aryl methyl sites for hydroxylation is 1. The molecular weight excluding hydrogens is 266 g/mol. The molecule has 0 bridgehead atoms. The van der Waals surface area contributed by atoms with E-state index in [0.717, 1.165) is 23.9 Å². The molecule has 1 aromatic carbocycles. The summed E-state index contributed by atoms with van der Waals surface area (Å²) in [7, 11) is 0. The number of hydrogen-bond acceptors (Lipinski definition) is 3. The minimum atomic E-state index is 0.366. The summed E-state index contributed by atoms with van der Waals surface area (Å²) in [4.78, 5) is 7.40. The average molecular weight is 289 g/mol. The molecule has 2 N–H and O–H groups in total. The molecule has 0 saturated heterocycles. The number of hydrogen-bond donors (Lipinski definition) is 2. The van der Waals surface area contributed by atoms with E-state index in [-0.39, 0.29) is 0 Å². The first-order chi connectivity index (χ1) is 9.83. The molecule has 0 aliphatic carbocycles. The zero-order valence-electron chi connectivity index (χ0n) is 12.2. The summed E-state index contributed by atoms with van der Waals surface area (Å²) in [6.07, 6.45) is 6.02. The van der Waals surface area contributed by atoms with Gasteiger partial charge in [-0.25, -0.2) is 4.98 Å². The van der Waals surface area contributed by atoms with Crippen LogP contribution in [-0.4, -0.2) is 22.3 Å². The number of nitrogens with one attached hydrogen (secondary N) is 2. The lowest BCUT2D eigenvalue weighted by atomic mass is 10.0. The van der Waals surface area contributed by atoms with Gasteiger partial charge < -0.3 is 10.3 Å². The molecule has 4 heteroatoms. The Morgan fingerprint density at radius 2 is 2.05 bits per heavy atom. The zero-order valence-corrected chi connectivity index (χ0v) is 13.0. The summed E-state index contributed by atoms with van der Waals surface area (Å²) < 4.78 is 0. The fourth-order valence-electron chi connectivity index (χ4n) is 2.22. The standard InChI is InChI=1S/C16H23N3S/c1-3-5-13-6-8-14(9-7-13)15(17-4-2)12-20-16-18-10-11-19-16/h6-11,15,17H,3-5,12H2,1-2H3,(H,18,19). The molecule has 0 saturated carbocycles. The number of H-pyrrole nitrogens is 1. The van der Waals surface area contributed by atoms with Gasteiger partial charge in [-0.3, -0.25) is 0 Å². The van der Waals surface area contributed by atoms with Crippen LogP contribution in [-0.2, 0) is 6.42 Å². The molecule has 2 rings (SSSR count). The third-order valence-electron chi connectivity index (χ3n) is 3.23. The predicted octanol–water partition coefficient (Wildman–Crippen LogP) is 3.81. The van der Waals surface area contributed by atoms with Crippen molar-refractivity contribution in [2.75, 3.05) is 12.3 Å². The number of nitrogens with zero attached hydrogens (tertiary/aromatic N) is 1. The molecule has 3 nitrogen and oxygen atoms in total. The Morgan fingerprint density at radius 1 is 1.25 bits per heavy atom. The summed E-state index contributed by atoms with van der Waals surface area (Å²) in [5.41, 5.74) is 2.77. The van der Waals surface area contributed by atoms with Gasteiger partial charge in [0, 0.05) is 24.2 Å². The van der Waals surface area contributed by atoms with E-state index >= 15 is 0 Å². The Morgan fingerprint density at radius 3 is 2.65 bits per heavy atom. The van der Waals surface area contributed by atoms with Crippen LogP contribution in [0.25, 0.3) is 0 Å². The monoisotopic (exact) mass is 289 g/mol. The van der Waals surface area contributed by atoms with E-state index in [2.05, 4.69) is 53.4 Å². The number of benzene rings is 1. The van der Waals surface area contributed by atoms with Crippen LogP contribution < -0.4 is 5.32 Å². The van der Waals surface area contributed by atoms with E-state index < -0.39 is 0 Å². The predicted molar refractivity (Wildman–Crippen MR) is 86.2 cm³/mol. The van der Waals surface area contributed by atoms with Crippen molar-refractivity contribution in [2.24, 2.45) is 0 Å². The van der Waals surface area contributed by atoms with Crippen LogP contribution in [0.4, 0.5) is 0 Å². The Bertz CT molecular complexity index is 479. The van der Waals surface area contributed by atoms with E-state index in [0.29, 0.717) is 6.04 Å². The average Bonchev–Trinajstić information content (AvgIpc) is 2.98. The lowest BCUT2D eigenvalue weighted by molar-refractivity contribution is 0.605. The van der Waals surface area contributed by atoms with Crippen LogP contribution in [0.3, 0.4) is 0 Å². The molecule has 0 fully saturated rings. The van der Waals surface area contributed by atoms with Crippen molar-refractivity contribution >= 4 is 11.8 Å². The second-order valence-electron chi connectivity index (χ2n) is 4.81. The van der Waals surface area contributed by atoms with Crippen molar-refractivity contribution in [3.8, 4) is 0 Å². The normalized spacial score (nSPS) is 12.5. The highest BCUT2D eigenvalue weighted by Gasteiger charge is 2.11. The maximum atomic E-state index is 4.26. The van der Waals surface area contributed by atoms with Gasteiger partial charge in [0.15, 0.2) is 5.16 Å². The second-order valence-corrected chi connectivity index (χ2v) is 5.82. The van der Waals surface area contributed by atoms with Gasteiger partial charge in [-0.1, -0.05) is 56.3 Å². The van der Waals surface area contributed by atoms with Crippen LogP contribution in [0.5, 0.6) is 0 Å². The summed E-state index contributed by atoms with van der Waals surface area (Å²) >= 11 is 1.76. The number of aromatic nitrogens is 2. The Labute approximate surface area is 125 Å². The van der Waals surface area contributed by atoms with E-state index in [1.165, 1.54) is 17.5 Å². The van der Waals surface area contributed by atoms with Crippen LogP contribution >= 0.6 is 11.8 Å². The third kappa shape index (κ3) is 4.39. The smallest absolute Gasteiger partial charge is 0.165 e. The SMILES string of the molecule is CCCc1ccc(C(CSc2ncc[nH]2)NCC)cc1. The Kier molecular flexibility index (Phi) is 6.15. The van der Waals surface area contributed by atoms with E-state index in [4.69, 9.17) is 0 Å². The number of aromatic amines is 1. The summed E-state index contributed by atoms with van der Waals surface area (Å²) in [6, 6.07) is 9.37. The highest BCUT2D eigenvalue weighted by molar-refractivity contribution is 7.99. The van der Waals surface area contributed by atoms with Gasteiger partial charge in [-0.2, -0.15) is 0 Å². The highest BCUT2D eigenvalue weighted by atomic mass is 32.2. The van der Waals surface area contributed by atoms with E-state index in [1.807, 2.05) is 6.20 Å². The van der Waals surface area contributed by atoms with Crippen molar-refractivity contribution in [1.82, 2.24) is 15.3 Å². The fraction of sp³-hybridized carbons (Fsp3) is 0.438. The lowest BCUT2D eigenvalue weighted by Crippen LogP contribution is -2.23. The first kappa shape index (κ1) is 15.1. The van der Waals surface area contributed by atoms with Crippen LogP contribution in [0, 0.1) is 0 Å². The molecule has 1 unspecified atom stereocenters. The number of thioether (sulfide) groups is 1.